The first-order valence-electron chi connectivity index (χ1n) is 42.8. The summed E-state index contributed by atoms with van der Waals surface area (Å²) in [6.45, 7) is 31.5. The maximum absolute atomic E-state index is 11.4. The van der Waals surface area contributed by atoms with Crippen LogP contribution in [-0.2, 0) is 78.7 Å². The van der Waals surface area contributed by atoms with Crippen molar-refractivity contribution in [1.82, 2.24) is 41.3 Å². The molecule has 0 rings (SSSR count). The number of hydrogen-bond acceptors (Lipinski definition) is 43. The van der Waals surface area contributed by atoms with Crippen LogP contribution in [0.3, 0.4) is 0 Å². The monoisotopic (exact) mass is 2160 g/mol. The van der Waals surface area contributed by atoms with Crippen molar-refractivity contribution < 1.29 is 231 Å². The van der Waals surface area contributed by atoms with Crippen LogP contribution >= 0.6 is 15.2 Å². The van der Waals surface area contributed by atoms with Gasteiger partial charge in [-0.25, -0.2) is 26.3 Å². The second kappa shape index (κ2) is 79.9. The fourth-order valence-corrected chi connectivity index (χ4v) is 10.1. The molecule has 1 unspecified atom stereocenters. The number of sulfonamides is 2. The van der Waals surface area contributed by atoms with Gasteiger partial charge in [0.25, 0.3) is 30.4 Å². The molecule has 0 heterocycles. The van der Waals surface area contributed by atoms with Gasteiger partial charge < -0.3 is 179 Å². The van der Waals surface area contributed by atoms with Crippen molar-refractivity contribution in [2.45, 2.75) is 301 Å². The summed E-state index contributed by atoms with van der Waals surface area (Å²) in [4.78, 5) is 77.1. The average molecular weight is 2160 g/mol. The Hall–Kier alpha value is -3.35. The molecule has 0 radical (unpaired) electrons. The highest BCUT2D eigenvalue weighted by Crippen LogP contribution is 2.40. The molecule has 0 fully saturated rings. The molecule has 0 aliphatic rings. The topological polar surface area (TPSA) is 1020 Å². The molecule has 0 spiro atoms. The Bertz CT molecular complexity index is 3710. The summed E-state index contributed by atoms with van der Waals surface area (Å²) in [5, 5.41) is 243. The second-order valence-corrected chi connectivity index (χ2v) is 47.4. The van der Waals surface area contributed by atoms with Crippen LogP contribution in [0.2, 0.25) is 0 Å². The number of amides is 4. The van der Waals surface area contributed by atoms with Crippen LogP contribution in [0.25, 0.3) is 0 Å². The normalized spacial score (nSPS) is 16.8. The maximum atomic E-state index is 11.4. The maximum Gasteiger partial charge on any atom is 0.328 e. The Morgan fingerprint density at radius 3 is 0.752 bits per heavy atom. The van der Waals surface area contributed by atoms with Gasteiger partial charge in [0.1, 0.15) is 91.6 Å². The van der Waals surface area contributed by atoms with Crippen molar-refractivity contribution in [1.29, 1.82) is 0 Å². The third-order valence-electron chi connectivity index (χ3n) is 17.5. The van der Waals surface area contributed by atoms with Gasteiger partial charge in [-0.15, -0.1) is 0 Å². The van der Waals surface area contributed by atoms with Gasteiger partial charge in [0.05, 0.1) is 103 Å². The van der Waals surface area contributed by atoms with Crippen LogP contribution in [0.5, 0.6) is 0 Å². The number of hydrogen-bond donors (Lipinski definition) is 40. The van der Waals surface area contributed by atoms with Crippen LogP contribution in [-0.4, -0.2) is 486 Å². The zero-order valence-electron chi connectivity index (χ0n) is 81.4. The van der Waals surface area contributed by atoms with Gasteiger partial charge >= 0.3 is 15.2 Å². The highest BCUT2D eigenvalue weighted by molar-refractivity contribution is 7.90. The first-order chi connectivity index (χ1) is 61.6. The molecule has 0 aromatic heterocycles. The number of carbonyl (C=O) groups excluding carboxylic acids is 4. The molecule has 56 nitrogen and oxygen atoms in total. The van der Waals surface area contributed by atoms with Crippen molar-refractivity contribution in [2.24, 2.45) is 35.5 Å². The van der Waals surface area contributed by atoms with Gasteiger partial charge in [-0.3, -0.25) is 42.0 Å². The molecule has 0 aromatic carbocycles. The molecule has 0 aliphatic carbocycles. The van der Waals surface area contributed by atoms with Gasteiger partial charge in [0.15, 0.2) is 0 Å². The Morgan fingerprint density at radius 2 is 0.533 bits per heavy atom. The van der Waals surface area contributed by atoms with Crippen molar-refractivity contribution in [3.05, 3.63) is 0 Å². The van der Waals surface area contributed by atoms with Gasteiger partial charge in [0, 0.05) is 82.1 Å². The SMILES string of the molecule is CC(C)C(=O)NCCCS(=O)(=O)O.CC(C)C(=O)NCCP(=O)(O)O.CC(C)C(=O)NCCS(=O)(=O)O.CC(C)C(=O)NC[C@H](O)[C@@H](O)[C@H](O)[C@H](O)CO.CC(C)C(C)NC[C@H](O)[C@@H](O)[C@H](O)[C@H](O)CO.CC(C)CNC[C@H](O)[C@@H](O)[C@H](O)[C@H](O)CO.CC(C)P(=O)(O)O.CC(C)S(=O)(=O)NC[C@H](O)[C@@H](O)[C@H](O)[C@H](O)CO.CC(C)S(=O)(=O)NC[C@H](O)[C@@H](O)[C@H](O)[C@H](O)CO.CC(C)S(=O)(=O)O. The predicted octanol–water partition coefficient (Wildman–Crippen LogP) is -13.1. The van der Waals surface area contributed by atoms with Crippen LogP contribution in [0, 0.1) is 35.5 Å². The average Bonchev–Trinajstić information content (AvgIpc) is 0.889. The Labute approximate surface area is 804 Å². The van der Waals surface area contributed by atoms with E-state index in [2.05, 4.69) is 41.3 Å². The van der Waals surface area contributed by atoms with E-state index in [1.807, 2.05) is 34.6 Å². The number of nitrogens with one attached hydrogen (secondary N) is 8. The van der Waals surface area contributed by atoms with E-state index < -0.39 is 261 Å². The van der Waals surface area contributed by atoms with Crippen LogP contribution < -0.4 is 41.3 Å². The molecule has 0 saturated heterocycles. The summed E-state index contributed by atoms with van der Waals surface area (Å²) in [7, 11) is -26.5. The molecular formula is C74H170N8O48P2S5. The van der Waals surface area contributed by atoms with Crippen molar-refractivity contribution in [3.8, 4) is 0 Å². The Balaban J connectivity index is -0.000000165. The van der Waals surface area contributed by atoms with E-state index in [9.17, 15) is 147 Å². The molecular weight excluding hydrogens is 1990 g/mol. The standard InChI is InChI=1S/C11H25NO5.C10H21NO6.C10H23NO5.2C9H21NO7S.C7H15NO4S.C6H14NO4P.C6H13NO4S.C3H9O3P.C3H8O3S/c1-6(2)7(3)12-4-8(14)10(16)11(17)9(15)5-13;1-5(2)10(17)11-3-6(13)8(15)9(16)7(14)4-12;1-6(2)3-11-4-7(13)9(15)10(16)8(14)5-12;2*1-5(2)18(16,17)10-3-6(12)8(14)9(15)7(13)4-11;1-6(2)7(9)8-4-3-5-13(10,11)12;2*1-5(2)6(8)7-3-4-12(9,10)11;2*1-3(2)7(4,5)6/h6-17H,4-5H2,1-3H3;5-9,12-16H,3-4H2,1-2H3,(H,11,17);6-16H,3-5H2,1-2H3;2*5-15H,3-4H2,1-2H3;6H,3-5H2,1-2H3,(H,8,9)(H,10,11,12);5H,3-4H2,1-2H3,(H,7,8)(H2,9,10,11);5H,3-4H2,1-2H3,(H,7,8)(H,9,10,11);3H,1-2H3,(H2,4,5,6);3H,1-2H3,(H,4,5,6)/t7?,8-,9+,10+,11+;6-,7+,8+,9+;7-,8+,9+,10+;2*6-,7+,8+,9+;;;;;/m00000...../s1. The van der Waals surface area contributed by atoms with Gasteiger partial charge in [-0.2, -0.15) is 25.3 Å². The van der Waals surface area contributed by atoms with E-state index in [-0.39, 0.29) is 111 Å². The molecule has 834 valence electrons. The molecule has 0 aliphatic heterocycles. The minimum absolute atomic E-state index is 0.0291. The van der Waals surface area contributed by atoms with Gasteiger partial charge in [-0.05, 0) is 73.3 Å². The van der Waals surface area contributed by atoms with E-state index >= 15 is 0 Å². The predicted molar refractivity (Wildman–Crippen MR) is 499 cm³/mol. The summed E-state index contributed by atoms with van der Waals surface area (Å²) < 4.78 is 155. The summed E-state index contributed by atoms with van der Waals surface area (Å²) in [6, 6.07) is 0.164. The molecule has 63 heteroatoms. The van der Waals surface area contributed by atoms with Crippen LogP contribution in [0.15, 0.2) is 0 Å². The summed E-state index contributed by atoms with van der Waals surface area (Å²) in [5.41, 5.74) is -0.535. The number of carbonyl (C=O) groups is 4. The van der Waals surface area contributed by atoms with E-state index in [0.29, 0.717) is 18.4 Å². The molecule has 21 atom stereocenters. The molecule has 0 saturated carbocycles. The highest BCUT2D eigenvalue weighted by Gasteiger charge is 2.36. The number of aliphatic hydroxyl groups is 25. The van der Waals surface area contributed by atoms with Gasteiger partial charge in [0.2, 0.25) is 43.7 Å². The lowest BCUT2D eigenvalue weighted by atomic mass is 10.0. The second-order valence-electron chi connectivity index (χ2n) is 33.7. The first kappa shape index (κ1) is 154. The smallest absolute Gasteiger partial charge is 0.328 e. The van der Waals surface area contributed by atoms with Crippen molar-refractivity contribution >= 4 is 89.2 Å². The van der Waals surface area contributed by atoms with Crippen molar-refractivity contribution in [2.75, 3.05) is 110 Å². The van der Waals surface area contributed by atoms with E-state index in [0.717, 1.165) is 0 Å². The zero-order valence-corrected chi connectivity index (χ0v) is 87.3. The fourth-order valence-electron chi connectivity index (χ4n) is 7.33. The summed E-state index contributed by atoms with van der Waals surface area (Å²) >= 11 is 0. The van der Waals surface area contributed by atoms with Gasteiger partial charge in [-0.1, -0.05) is 96.9 Å². The minimum Gasteiger partial charge on any atom is -0.394 e. The quantitative estimate of drug-likeness (QED) is 0.0153. The number of rotatable bonds is 54. The molecule has 0 bridgehead atoms. The van der Waals surface area contributed by atoms with E-state index in [1.54, 1.807) is 55.4 Å². The molecule has 40 N–H and O–H groups in total. The lowest BCUT2D eigenvalue weighted by molar-refractivity contribution is -0.128. The largest absolute Gasteiger partial charge is 0.394 e. The molecule has 137 heavy (non-hydrogen) atoms. The Kier molecular flexibility index (Phi) is 89.7. The zero-order chi connectivity index (χ0) is 111. The van der Waals surface area contributed by atoms with Crippen LogP contribution in [0.4, 0.5) is 0 Å². The number of aliphatic hydroxyl groups excluding tert-OH is 25. The summed E-state index contributed by atoms with van der Waals surface area (Å²) in [6.07, 6.45) is -31.3. The van der Waals surface area contributed by atoms with Crippen LogP contribution in [0.1, 0.15) is 152 Å². The first-order valence-corrected chi connectivity index (χ1v) is 54.1. The lowest BCUT2D eigenvalue weighted by Crippen LogP contribution is -2.50. The minimum atomic E-state index is -3.97. The summed E-state index contributed by atoms with van der Waals surface area (Å²) in [5.74, 6) is -1.47. The van der Waals surface area contributed by atoms with E-state index in [4.69, 9.17) is 84.3 Å². The highest BCUT2D eigenvalue weighted by atomic mass is 32.2. The van der Waals surface area contributed by atoms with Crippen molar-refractivity contribution in [3.63, 3.8) is 0 Å². The van der Waals surface area contributed by atoms with E-state index in [1.165, 1.54) is 55.4 Å². The third kappa shape index (κ3) is 87.7. The lowest BCUT2D eigenvalue weighted by Gasteiger charge is -2.27. The third-order valence-corrected chi connectivity index (χ3v) is 26.0. The Morgan fingerprint density at radius 1 is 0.299 bits per heavy atom. The molecule has 4 amide bonds. The fraction of sp³-hybridized carbons (Fsp3) is 0.946. The molecule has 0 aromatic rings.